The molecule has 6 heteroatoms. The summed E-state index contributed by atoms with van der Waals surface area (Å²) in [6, 6.07) is 3.87. The maximum atomic E-state index is 13.6. The van der Waals surface area contributed by atoms with Crippen LogP contribution in [0.1, 0.15) is 36.0 Å². The first kappa shape index (κ1) is 14.3. The average Bonchev–Trinajstić information content (AvgIpc) is 2.31. The van der Waals surface area contributed by atoms with Crippen molar-refractivity contribution in [3.8, 4) is 0 Å². The summed E-state index contributed by atoms with van der Waals surface area (Å²) in [5, 5.41) is 11.5. The lowest BCUT2D eigenvalue weighted by Crippen LogP contribution is -2.43. The highest BCUT2D eigenvalue weighted by atomic mass is 19.1. The number of benzene rings is 1. The number of anilines is 1. The third kappa shape index (κ3) is 3.07. The summed E-state index contributed by atoms with van der Waals surface area (Å²) >= 11 is 0. The van der Waals surface area contributed by atoms with Crippen LogP contribution < -0.4 is 11.1 Å². The van der Waals surface area contributed by atoms with Crippen LogP contribution in [0.4, 0.5) is 10.1 Å². The number of rotatable bonds is 5. The molecule has 0 unspecified atom stereocenters. The first-order valence-electron chi connectivity index (χ1n) is 6.47. The molecule has 5 nitrogen and oxygen atoms in total. The molecule has 1 saturated carbocycles. The molecule has 0 heterocycles. The second-order valence-electron chi connectivity index (χ2n) is 5.35. The van der Waals surface area contributed by atoms with Crippen molar-refractivity contribution < 1.29 is 19.1 Å². The Balaban J connectivity index is 1.99. The smallest absolute Gasteiger partial charge is 0.303 e. The highest BCUT2D eigenvalue weighted by Crippen LogP contribution is 2.43. The van der Waals surface area contributed by atoms with E-state index < -0.39 is 17.7 Å². The van der Waals surface area contributed by atoms with Gasteiger partial charge in [-0.1, -0.05) is 6.42 Å². The van der Waals surface area contributed by atoms with E-state index in [0.717, 1.165) is 25.3 Å². The number of carboxylic acids is 1. The minimum Gasteiger partial charge on any atom is -0.481 e. The van der Waals surface area contributed by atoms with Crippen LogP contribution in [-0.4, -0.2) is 23.5 Å². The van der Waals surface area contributed by atoms with E-state index in [1.807, 2.05) is 0 Å². The number of hydrogen-bond acceptors (Lipinski definition) is 3. The first-order chi connectivity index (χ1) is 9.42. The summed E-state index contributed by atoms with van der Waals surface area (Å²) in [5.74, 6) is -2.10. The van der Waals surface area contributed by atoms with Crippen molar-refractivity contribution in [3.05, 3.63) is 29.6 Å². The predicted octanol–water partition coefficient (Wildman–Crippen LogP) is 1.78. The van der Waals surface area contributed by atoms with Crippen molar-refractivity contribution in [1.29, 1.82) is 0 Å². The number of carboxylic acid groups (broad SMARTS) is 1. The zero-order valence-electron chi connectivity index (χ0n) is 11.0. The number of nitrogens with two attached hydrogens (primary N) is 1. The molecule has 0 spiro atoms. The Labute approximate surface area is 116 Å². The molecule has 0 atom stereocenters. The van der Waals surface area contributed by atoms with E-state index >= 15 is 0 Å². The molecule has 1 aliphatic rings. The van der Waals surface area contributed by atoms with Crippen molar-refractivity contribution in [1.82, 2.24) is 5.32 Å². The van der Waals surface area contributed by atoms with Gasteiger partial charge in [0.25, 0.3) is 5.91 Å². The van der Waals surface area contributed by atoms with Crippen LogP contribution in [0.25, 0.3) is 0 Å². The van der Waals surface area contributed by atoms with Gasteiger partial charge in [0, 0.05) is 12.2 Å². The summed E-state index contributed by atoms with van der Waals surface area (Å²) in [6.45, 7) is 0.252. The molecular weight excluding hydrogens is 263 g/mol. The van der Waals surface area contributed by atoms with E-state index in [2.05, 4.69) is 5.32 Å². The van der Waals surface area contributed by atoms with E-state index in [1.165, 1.54) is 12.1 Å². The van der Waals surface area contributed by atoms with Crippen LogP contribution in [0.3, 0.4) is 0 Å². The summed E-state index contributed by atoms with van der Waals surface area (Å²) < 4.78 is 13.6. The third-order valence-electron chi connectivity index (χ3n) is 3.80. The van der Waals surface area contributed by atoms with Crippen LogP contribution >= 0.6 is 0 Å². The van der Waals surface area contributed by atoms with Gasteiger partial charge in [-0.3, -0.25) is 9.59 Å². The maximum Gasteiger partial charge on any atom is 0.303 e. The van der Waals surface area contributed by atoms with Crippen molar-refractivity contribution in [2.45, 2.75) is 25.7 Å². The highest BCUT2D eigenvalue weighted by molar-refractivity contribution is 5.94. The Morgan fingerprint density at radius 1 is 1.40 bits per heavy atom. The Kier molecular flexibility index (Phi) is 3.92. The van der Waals surface area contributed by atoms with E-state index in [1.54, 1.807) is 0 Å². The molecule has 0 aliphatic heterocycles. The van der Waals surface area contributed by atoms with Gasteiger partial charge in [-0.25, -0.2) is 4.39 Å². The topological polar surface area (TPSA) is 92.4 Å². The van der Waals surface area contributed by atoms with Crippen LogP contribution in [0.5, 0.6) is 0 Å². The van der Waals surface area contributed by atoms with Crippen molar-refractivity contribution in [2.24, 2.45) is 5.41 Å². The van der Waals surface area contributed by atoms with Gasteiger partial charge in [-0.15, -0.1) is 0 Å². The monoisotopic (exact) mass is 280 g/mol. The summed E-state index contributed by atoms with van der Waals surface area (Å²) in [6.07, 6.45) is 2.52. The van der Waals surface area contributed by atoms with Crippen LogP contribution in [-0.2, 0) is 4.79 Å². The number of amides is 1. The molecule has 1 aliphatic carbocycles. The molecular formula is C14H17FN2O3. The van der Waals surface area contributed by atoms with Gasteiger partial charge in [0.05, 0.1) is 12.0 Å². The van der Waals surface area contributed by atoms with Gasteiger partial charge in [0.2, 0.25) is 0 Å². The fraction of sp³-hybridized carbons (Fsp3) is 0.429. The second kappa shape index (κ2) is 5.48. The van der Waals surface area contributed by atoms with E-state index in [9.17, 15) is 14.0 Å². The predicted molar refractivity (Wildman–Crippen MR) is 71.7 cm³/mol. The number of halogens is 1. The number of carbonyl (C=O) groups excluding carboxylic acids is 1. The molecule has 1 fully saturated rings. The minimum atomic E-state index is -0.877. The van der Waals surface area contributed by atoms with Crippen molar-refractivity contribution in [2.75, 3.05) is 12.3 Å². The number of nitrogen functional groups attached to an aromatic ring is 1. The molecule has 0 radical (unpaired) electrons. The molecule has 1 amide bonds. The lowest BCUT2D eigenvalue weighted by atomic mass is 9.66. The van der Waals surface area contributed by atoms with Crippen molar-refractivity contribution >= 4 is 17.6 Å². The Hall–Kier alpha value is -2.11. The fourth-order valence-corrected chi connectivity index (χ4v) is 2.49. The largest absolute Gasteiger partial charge is 0.481 e. The lowest BCUT2D eigenvalue weighted by Gasteiger charge is -2.40. The van der Waals surface area contributed by atoms with Crippen LogP contribution in [0.15, 0.2) is 18.2 Å². The Morgan fingerprint density at radius 3 is 2.60 bits per heavy atom. The molecule has 0 saturated heterocycles. The maximum absolute atomic E-state index is 13.6. The zero-order chi connectivity index (χ0) is 14.8. The van der Waals surface area contributed by atoms with Crippen molar-refractivity contribution in [3.63, 3.8) is 0 Å². The van der Waals surface area contributed by atoms with Gasteiger partial charge < -0.3 is 16.2 Å². The van der Waals surface area contributed by atoms with Gasteiger partial charge in [0.1, 0.15) is 5.82 Å². The summed E-state index contributed by atoms with van der Waals surface area (Å²) in [4.78, 5) is 22.7. The fourth-order valence-electron chi connectivity index (χ4n) is 2.49. The number of carbonyl (C=O) groups is 2. The van der Waals surface area contributed by atoms with Gasteiger partial charge in [-0.05, 0) is 36.5 Å². The quantitative estimate of drug-likeness (QED) is 0.717. The zero-order valence-corrected chi connectivity index (χ0v) is 11.0. The number of nitrogens with one attached hydrogen (secondary N) is 1. The van der Waals surface area contributed by atoms with Gasteiger partial charge in [-0.2, -0.15) is 0 Å². The third-order valence-corrected chi connectivity index (χ3v) is 3.80. The molecule has 20 heavy (non-hydrogen) atoms. The molecule has 1 aromatic rings. The molecule has 4 N–H and O–H groups in total. The summed E-state index contributed by atoms with van der Waals surface area (Å²) in [7, 11) is 0. The first-order valence-corrected chi connectivity index (χ1v) is 6.47. The van der Waals surface area contributed by atoms with E-state index in [-0.39, 0.29) is 29.6 Å². The average molecular weight is 280 g/mol. The Morgan fingerprint density at radius 2 is 2.10 bits per heavy atom. The van der Waals surface area contributed by atoms with E-state index in [0.29, 0.717) is 0 Å². The Bertz CT molecular complexity index is 541. The molecule has 0 bridgehead atoms. The normalized spacial score (nSPS) is 16.2. The molecule has 2 rings (SSSR count). The van der Waals surface area contributed by atoms with Gasteiger partial charge >= 0.3 is 5.97 Å². The van der Waals surface area contributed by atoms with Gasteiger partial charge in [0.15, 0.2) is 0 Å². The second-order valence-corrected chi connectivity index (χ2v) is 5.35. The number of aliphatic carboxylic acids is 1. The van der Waals surface area contributed by atoms with E-state index in [4.69, 9.17) is 10.8 Å². The van der Waals surface area contributed by atoms with Crippen LogP contribution in [0, 0.1) is 11.2 Å². The molecule has 1 aromatic carbocycles. The summed E-state index contributed by atoms with van der Waals surface area (Å²) in [5.41, 5.74) is 5.21. The van der Waals surface area contributed by atoms with Crippen LogP contribution in [0.2, 0.25) is 0 Å². The highest BCUT2D eigenvalue weighted by Gasteiger charge is 2.39. The minimum absolute atomic E-state index is 0.0253. The SMILES string of the molecule is Nc1ccc(C(=O)NCC2(CC(=O)O)CCC2)c(F)c1. The standard InChI is InChI=1S/C14H17FN2O3/c15-11-6-9(16)2-3-10(11)13(20)17-8-14(4-1-5-14)7-12(18)19/h2-3,6H,1,4-5,7-8,16H2,(H,17,20)(H,18,19). The molecule has 108 valence electrons. The lowest BCUT2D eigenvalue weighted by molar-refractivity contribution is -0.141. The molecule has 0 aromatic heterocycles. The number of hydrogen-bond donors (Lipinski definition) is 3.